The molecule has 1 N–H and O–H groups in total. The molecule has 2 heterocycles. The third kappa shape index (κ3) is 4.47. The molecule has 0 bridgehead atoms. The molecule has 0 saturated carbocycles. The molecule has 1 aliphatic rings. The van der Waals surface area contributed by atoms with Gasteiger partial charge in [0.25, 0.3) is 0 Å². The normalized spacial score (nSPS) is 17.0. The summed E-state index contributed by atoms with van der Waals surface area (Å²) in [6, 6.07) is 12.5. The lowest BCUT2D eigenvalue weighted by Gasteiger charge is -2.45. The Hall–Kier alpha value is -3.73. The smallest absolute Gasteiger partial charge is 0.214 e. The minimum absolute atomic E-state index is 0.0948. The third-order valence-electron chi connectivity index (χ3n) is 5.82. The summed E-state index contributed by atoms with van der Waals surface area (Å²) in [5.74, 6) is 1.24. The van der Waals surface area contributed by atoms with E-state index in [0.29, 0.717) is 42.5 Å². The van der Waals surface area contributed by atoms with Crippen LogP contribution in [0.2, 0.25) is 0 Å². The van der Waals surface area contributed by atoms with Gasteiger partial charge < -0.3 is 15.1 Å². The van der Waals surface area contributed by atoms with Crippen LogP contribution in [0.5, 0.6) is 0 Å². The number of nitrogens with zero attached hydrogens (tertiary/aromatic N) is 6. The van der Waals surface area contributed by atoms with Crippen LogP contribution in [-0.4, -0.2) is 46.5 Å². The van der Waals surface area contributed by atoms with E-state index in [-0.39, 0.29) is 11.9 Å². The Morgan fingerprint density at radius 1 is 1.22 bits per heavy atom. The number of piperazine rings is 1. The van der Waals surface area contributed by atoms with Gasteiger partial charge in [0.05, 0.1) is 23.3 Å². The summed E-state index contributed by atoms with van der Waals surface area (Å²) in [6.07, 6.45) is 3.68. The van der Waals surface area contributed by atoms with Gasteiger partial charge in [-0.05, 0) is 36.6 Å². The highest BCUT2D eigenvalue weighted by molar-refractivity contribution is 5.95. The monoisotopic (exact) mass is 431 g/mol. The van der Waals surface area contributed by atoms with Gasteiger partial charge in [0, 0.05) is 31.4 Å². The maximum Gasteiger partial charge on any atom is 0.214 e. The Kier molecular flexibility index (Phi) is 6.17. The summed E-state index contributed by atoms with van der Waals surface area (Å²) in [5.41, 5.74) is 3.21. The third-order valence-corrected chi connectivity index (χ3v) is 5.82. The largest absolute Gasteiger partial charge is 0.351 e. The number of guanidine groups is 1. The first-order valence-corrected chi connectivity index (χ1v) is 10.7. The van der Waals surface area contributed by atoms with Gasteiger partial charge in [-0.3, -0.25) is 4.98 Å². The first kappa shape index (κ1) is 21.5. The minimum Gasteiger partial charge on any atom is -0.351 e. The lowest BCUT2D eigenvalue weighted by Crippen LogP contribution is -2.58. The molecule has 0 radical (unpaired) electrons. The molecule has 0 spiro atoms. The Bertz CT molecular complexity index is 1180. The summed E-state index contributed by atoms with van der Waals surface area (Å²) in [5, 5.41) is 12.7. The van der Waals surface area contributed by atoms with Gasteiger partial charge in [0.2, 0.25) is 12.2 Å². The van der Waals surface area contributed by atoms with Crippen LogP contribution in [0.1, 0.15) is 19.4 Å². The number of halogens is 1. The Morgan fingerprint density at radius 3 is 2.78 bits per heavy atom. The second kappa shape index (κ2) is 9.18. The van der Waals surface area contributed by atoms with E-state index in [0.717, 1.165) is 17.1 Å². The number of fused-ring (bicyclic) bond motifs is 1. The van der Waals surface area contributed by atoms with Crippen molar-refractivity contribution in [1.82, 2.24) is 14.9 Å². The van der Waals surface area contributed by atoms with Crippen LogP contribution in [0.4, 0.5) is 15.9 Å². The van der Waals surface area contributed by atoms with Crippen LogP contribution >= 0.6 is 0 Å². The van der Waals surface area contributed by atoms with Gasteiger partial charge in [-0.1, -0.05) is 32.0 Å². The molecule has 1 atom stereocenters. The quantitative estimate of drug-likeness (QED) is 0.381. The molecule has 4 rings (SSSR count). The molecule has 1 fully saturated rings. The molecule has 1 aliphatic heterocycles. The number of hydrogen-bond acceptors (Lipinski definition) is 5. The predicted octanol–water partition coefficient (Wildman–Crippen LogP) is 4.17. The Labute approximate surface area is 187 Å². The highest BCUT2D eigenvalue weighted by atomic mass is 19.1. The molecule has 1 aromatic heterocycles. The van der Waals surface area contributed by atoms with Gasteiger partial charge >= 0.3 is 0 Å². The molecule has 7 nitrogen and oxygen atoms in total. The van der Waals surface area contributed by atoms with Crippen LogP contribution in [-0.2, 0) is 0 Å². The van der Waals surface area contributed by atoms with E-state index in [9.17, 15) is 9.65 Å². The Balaban J connectivity index is 1.59. The molecule has 3 aromatic rings. The van der Waals surface area contributed by atoms with E-state index in [2.05, 4.69) is 43.9 Å². The van der Waals surface area contributed by atoms with Crippen molar-refractivity contribution in [2.75, 3.05) is 29.9 Å². The molecule has 0 aliphatic carbocycles. The predicted molar refractivity (Wildman–Crippen MR) is 125 cm³/mol. The van der Waals surface area contributed by atoms with Crippen LogP contribution < -0.4 is 10.2 Å². The van der Waals surface area contributed by atoms with Gasteiger partial charge in [-0.25, -0.2) is 9.37 Å². The summed E-state index contributed by atoms with van der Waals surface area (Å²) in [4.78, 5) is 17.5. The number of para-hydroxylation sites is 1. The molecule has 8 heteroatoms. The van der Waals surface area contributed by atoms with Crippen molar-refractivity contribution in [3.8, 4) is 6.19 Å². The molecule has 1 unspecified atom stereocenters. The zero-order valence-electron chi connectivity index (χ0n) is 18.5. The summed E-state index contributed by atoms with van der Waals surface area (Å²) in [7, 11) is 0. The Morgan fingerprint density at radius 2 is 2.03 bits per heavy atom. The van der Waals surface area contributed by atoms with E-state index in [1.807, 2.05) is 37.4 Å². The standard InChI is InChI=1S/C24H26FN7/c1-16(2)22-14-31(23-13-27-20-9-8-18(25)12-21(20)29-23)10-11-32(22)24(28-15-26)30-19-7-5-4-6-17(19)3/h4-9,12-13,16,22H,10-11,14H2,1-3H3,(H,28,30). The lowest BCUT2D eigenvalue weighted by atomic mass is 9.99. The van der Waals surface area contributed by atoms with Gasteiger partial charge in [0.1, 0.15) is 11.6 Å². The number of aromatic nitrogens is 2. The molecular formula is C24H26FN7. The van der Waals surface area contributed by atoms with Gasteiger partial charge in [-0.2, -0.15) is 5.26 Å². The van der Waals surface area contributed by atoms with Crippen LogP contribution in [0, 0.1) is 30.1 Å². The average molecular weight is 432 g/mol. The number of nitriles is 1. The lowest BCUT2D eigenvalue weighted by molar-refractivity contribution is 0.224. The fourth-order valence-electron chi connectivity index (χ4n) is 4.02. The van der Waals surface area contributed by atoms with Crippen LogP contribution in [0.25, 0.3) is 11.0 Å². The van der Waals surface area contributed by atoms with Crippen molar-refractivity contribution in [1.29, 1.82) is 5.26 Å². The number of aryl methyl sites for hydroxylation is 1. The van der Waals surface area contributed by atoms with Crippen molar-refractivity contribution < 1.29 is 4.39 Å². The maximum atomic E-state index is 13.7. The van der Waals surface area contributed by atoms with Crippen molar-refractivity contribution in [2.45, 2.75) is 26.8 Å². The molecule has 0 amide bonds. The highest BCUT2D eigenvalue weighted by Crippen LogP contribution is 2.24. The average Bonchev–Trinajstić information content (AvgIpc) is 2.79. The number of rotatable bonds is 3. The fourth-order valence-corrected chi connectivity index (χ4v) is 4.02. The molecule has 164 valence electrons. The molecule has 32 heavy (non-hydrogen) atoms. The number of aliphatic imine (C=N–C) groups is 1. The van der Waals surface area contributed by atoms with Crippen molar-refractivity contribution in [3.63, 3.8) is 0 Å². The first-order chi connectivity index (χ1) is 15.5. The number of nitrogens with one attached hydrogen (secondary N) is 1. The van der Waals surface area contributed by atoms with E-state index in [4.69, 9.17) is 0 Å². The van der Waals surface area contributed by atoms with Crippen molar-refractivity contribution >= 4 is 28.5 Å². The maximum absolute atomic E-state index is 13.7. The SMILES string of the molecule is Cc1ccccc1N/C(=N/C#N)N1CCN(c2cnc3ccc(F)cc3n2)CC1C(C)C. The second-order valence-corrected chi connectivity index (χ2v) is 8.29. The van der Waals surface area contributed by atoms with E-state index in [1.54, 1.807) is 12.3 Å². The summed E-state index contributed by atoms with van der Waals surface area (Å²) < 4.78 is 13.7. The molecule has 1 saturated heterocycles. The number of hydrogen-bond donors (Lipinski definition) is 1. The van der Waals surface area contributed by atoms with Crippen molar-refractivity contribution in [2.24, 2.45) is 10.9 Å². The zero-order valence-corrected chi connectivity index (χ0v) is 18.5. The van der Waals surface area contributed by atoms with Crippen LogP contribution in [0.3, 0.4) is 0 Å². The fraction of sp³-hybridized carbons (Fsp3) is 0.333. The van der Waals surface area contributed by atoms with E-state index < -0.39 is 0 Å². The van der Waals surface area contributed by atoms with Crippen molar-refractivity contribution in [3.05, 3.63) is 60.0 Å². The van der Waals surface area contributed by atoms with E-state index >= 15 is 0 Å². The number of anilines is 2. The summed E-state index contributed by atoms with van der Waals surface area (Å²) >= 11 is 0. The van der Waals surface area contributed by atoms with E-state index in [1.165, 1.54) is 12.1 Å². The number of benzene rings is 2. The zero-order chi connectivity index (χ0) is 22.7. The first-order valence-electron chi connectivity index (χ1n) is 10.7. The van der Waals surface area contributed by atoms with Crippen LogP contribution in [0.15, 0.2) is 53.7 Å². The van der Waals surface area contributed by atoms with Gasteiger partial charge in [0.15, 0.2) is 0 Å². The molecular weight excluding hydrogens is 405 g/mol. The summed E-state index contributed by atoms with van der Waals surface area (Å²) in [6.45, 7) is 8.35. The highest BCUT2D eigenvalue weighted by Gasteiger charge is 2.32. The molecule has 2 aromatic carbocycles. The second-order valence-electron chi connectivity index (χ2n) is 8.29. The topological polar surface area (TPSA) is 80.4 Å². The van der Waals surface area contributed by atoms with Gasteiger partial charge in [-0.15, -0.1) is 4.99 Å². The minimum atomic E-state index is -0.325.